The highest BCUT2D eigenvalue weighted by atomic mass is 35.5. The van der Waals surface area contributed by atoms with Crippen LogP contribution in [0.5, 0.6) is 0 Å². The van der Waals surface area contributed by atoms with E-state index in [0.29, 0.717) is 97.3 Å². The minimum atomic E-state index is -0.642. The van der Waals surface area contributed by atoms with Gasteiger partial charge in [-0.15, -0.1) is 0 Å². The lowest BCUT2D eigenvalue weighted by Crippen LogP contribution is -2.50. The van der Waals surface area contributed by atoms with Gasteiger partial charge in [0.05, 0.1) is 55.6 Å². The first-order valence-electron chi connectivity index (χ1n) is 29.6. The first-order chi connectivity index (χ1) is 42.3. The van der Waals surface area contributed by atoms with Crippen molar-refractivity contribution in [2.24, 2.45) is 0 Å². The fraction of sp³-hybridized carbons (Fsp3) is 0.353. The van der Waals surface area contributed by atoms with Gasteiger partial charge in [0.1, 0.15) is 51.8 Å². The summed E-state index contributed by atoms with van der Waals surface area (Å²) in [5.41, 5.74) is 4.21. The minimum Gasteiger partial charge on any atom is -0.444 e. The van der Waals surface area contributed by atoms with Crippen LogP contribution < -0.4 is 20.9 Å². The third-order valence-electron chi connectivity index (χ3n) is 15.7. The van der Waals surface area contributed by atoms with Crippen molar-refractivity contribution in [3.63, 3.8) is 0 Å². The number of benzene rings is 2. The molecule has 0 unspecified atom stereocenters. The van der Waals surface area contributed by atoms with E-state index in [4.69, 9.17) is 37.9 Å². The molecule has 17 nitrogen and oxygen atoms in total. The standard InChI is InChI=1S/C35H38ClFN6O3.C33H32ClFN6O2/c1-20(2)22-12-13-39-28(21(3)4)31(22)43-32-24(18-26(36)29(40-32)23-10-8-9-11-27(23)37)30(25(19-38)33(43)44)41-14-16-42(17-15-41)34(45)46-35(5,6)7;1-6-27(42)39-13-15-40(16-14-39)30-23-17-25(34)29(22-9-7-8-10-26(22)35)38-32(23)41(33(43)24(30)18-36)31-21(19(2)3)11-12-37-28(31)20(4)5/h8-13,18,20-21H,14-17H2,1-7H3;6-12,17,19-20H,1,13-16H2,2-5H3. The number of hydrogen-bond donors (Lipinski definition) is 0. The van der Waals surface area contributed by atoms with Crippen LogP contribution in [-0.2, 0) is 9.53 Å². The van der Waals surface area contributed by atoms with Crippen LogP contribution in [0.4, 0.5) is 25.0 Å². The molecule has 0 bridgehead atoms. The molecule has 0 spiro atoms. The summed E-state index contributed by atoms with van der Waals surface area (Å²) in [6.45, 7) is 27.9. The maximum absolute atomic E-state index is 15.1. The molecule has 2 aromatic carbocycles. The smallest absolute Gasteiger partial charge is 0.410 e. The van der Waals surface area contributed by atoms with Crippen molar-refractivity contribution in [3.05, 3.63) is 174 Å². The zero-order valence-electron chi connectivity index (χ0n) is 51.8. The summed E-state index contributed by atoms with van der Waals surface area (Å²) in [4.78, 5) is 80.3. The Hall–Kier alpha value is -9.04. The third-order valence-corrected chi connectivity index (χ3v) is 16.3. The molecule has 8 aromatic rings. The Morgan fingerprint density at radius 1 is 0.596 bits per heavy atom. The second-order valence-electron chi connectivity index (χ2n) is 24.1. The van der Waals surface area contributed by atoms with Gasteiger partial charge < -0.3 is 24.3 Å². The predicted molar refractivity (Wildman–Crippen MR) is 346 cm³/mol. The first kappa shape index (κ1) is 64.4. The van der Waals surface area contributed by atoms with E-state index in [1.165, 1.54) is 27.3 Å². The van der Waals surface area contributed by atoms with Crippen LogP contribution >= 0.6 is 23.2 Å². The van der Waals surface area contributed by atoms with Gasteiger partial charge in [0.2, 0.25) is 5.91 Å². The number of amides is 2. The summed E-state index contributed by atoms with van der Waals surface area (Å²) in [6, 6.07) is 23.7. The lowest BCUT2D eigenvalue weighted by atomic mass is 9.96. The van der Waals surface area contributed by atoms with Gasteiger partial charge in [-0.25, -0.2) is 23.5 Å². The van der Waals surface area contributed by atoms with Crippen molar-refractivity contribution in [2.45, 2.75) is 105 Å². The maximum Gasteiger partial charge on any atom is 0.410 e. The molecule has 460 valence electrons. The molecule has 2 saturated heterocycles. The molecule has 21 heteroatoms. The van der Waals surface area contributed by atoms with E-state index in [0.717, 1.165) is 11.1 Å². The molecule has 2 aliphatic rings. The Bertz CT molecular complexity index is 4260. The minimum absolute atomic E-state index is 0.00179. The van der Waals surface area contributed by atoms with Crippen molar-refractivity contribution in [3.8, 4) is 46.0 Å². The molecule has 89 heavy (non-hydrogen) atoms. The van der Waals surface area contributed by atoms with Crippen molar-refractivity contribution >= 4 is 68.6 Å². The van der Waals surface area contributed by atoms with Gasteiger partial charge in [-0.05, 0) is 110 Å². The quantitative estimate of drug-likeness (QED) is 0.111. The third kappa shape index (κ3) is 12.7. The summed E-state index contributed by atoms with van der Waals surface area (Å²) in [6.07, 6.45) is 4.29. The normalized spacial score (nSPS) is 13.7. The fourth-order valence-corrected chi connectivity index (χ4v) is 12.0. The van der Waals surface area contributed by atoms with Gasteiger partial charge in [-0.3, -0.25) is 33.5 Å². The van der Waals surface area contributed by atoms with E-state index in [2.05, 4.69) is 28.7 Å². The van der Waals surface area contributed by atoms with E-state index >= 15 is 8.78 Å². The van der Waals surface area contributed by atoms with Crippen LogP contribution in [0.2, 0.25) is 10.0 Å². The van der Waals surface area contributed by atoms with E-state index in [9.17, 15) is 29.7 Å². The number of aromatic nitrogens is 6. The van der Waals surface area contributed by atoms with Gasteiger partial charge in [0.15, 0.2) is 0 Å². The van der Waals surface area contributed by atoms with Crippen molar-refractivity contribution in [1.82, 2.24) is 38.9 Å². The number of fused-ring (bicyclic) bond motifs is 2. The average molecular weight is 1240 g/mol. The number of rotatable bonds is 11. The molecule has 0 atom stereocenters. The SMILES string of the molecule is C=CC(=O)N1CCN(c2c(C#N)c(=O)n(-c3c(C(C)C)ccnc3C(C)C)c3nc(-c4ccccc4F)c(Cl)cc23)CC1.CC(C)c1ccnc(C(C)C)c1-n1c(=O)c(C#N)c(N2CCN(C(=O)OC(C)(C)C)CC2)c2cc(Cl)c(-c3ccccc3F)nc21. The predicted octanol–water partition coefficient (Wildman–Crippen LogP) is 13.6. The first-order valence-corrected chi connectivity index (χ1v) is 30.3. The zero-order chi connectivity index (χ0) is 64.5. The summed E-state index contributed by atoms with van der Waals surface area (Å²) >= 11 is 13.7. The van der Waals surface area contributed by atoms with Crippen molar-refractivity contribution in [1.29, 1.82) is 10.5 Å². The summed E-state index contributed by atoms with van der Waals surface area (Å²) in [5, 5.41) is 22.2. The zero-order valence-corrected chi connectivity index (χ0v) is 53.3. The van der Waals surface area contributed by atoms with Gasteiger partial charge >= 0.3 is 6.09 Å². The number of nitrogens with zero attached hydrogens (tertiary/aromatic N) is 12. The number of anilines is 2. The molecule has 0 N–H and O–H groups in total. The number of nitriles is 2. The van der Waals surface area contributed by atoms with Gasteiger partial charge in [-0.1, -0.05) is 109 Å². The van der Waals surface area contributed by atoms with E-state index in [1.54, 1.807) is 70.7 Å². The van der Waals surface area contributed by atoms with Crippen LogP contribution in [0.15, 0.2) is 107 Å². The summed E-state index contributed by atoms with van der Waals surface area (Å²) in [5.74, 6) is -1.31. The number of carbonyl (C=O) groups excluding carboxylic acids is 2. The molecule has 2 fully saturated rings. The topological polar surface area (TPSA) is 199 Å². The average Bonchev–Trinajstić information content (AvgIpc) is 0.801. The molecule has 2 amide bonds. The molecular formula is C68H70Cl2F2N12O5. The monoisotopic (exact) mass is 1240 g/mol. The number of halogens is 4. The van der Waals surface area contributed by atoms with Crippen molar-refractivity contribution in [2.75, 3.05) is 62.2 Å². The van der Waals surface area contributed by atoms with Crippen LogP contribution in [0.3, 0.4) is 0 Å². The second kappa shape index (κ2) is 26.3. The maximum atomic E-state index is 15.1. The number of ether oxygens (including phenoxy) is 1. The van der Waals surface area contributed by atoms with Crippen LogP contribution in [0.1, 0.15) is 133 Å². The van der Waals surface area contributed by atoms with Crippen LogP contribution in [-0.4, -0.2) is 109 Å². The number of carbonyl (C=O) groups is 2. The van der Waals surface area contributed by atoms with Gasteiger partial charge in [0.25, 0.3) is 11.1 Å². The molecule has 10 rings (SSSR count). The lowest BCUT2D eigenvalue weighted by Gasteiger charge is -2.37. The number of piperazine rings is 2. The highest BCUT2D eigenvalue weighted by Crippen LogP contribution is 2.41. The van der Waals surface area contributed by atoms with Gasteiger partial charge in [-0.2, -0.15) is 10.5 Å². The molecule has 0 radical (unpaired) electrons. The molecule has 2 aliphatic heterocycles. The van der Waals surface area contributed by atoms with Crippen LogP contribution in [0, 0.1) is 34.3 Å². The Labute approximate surface area is 526 Å². The Morgan fingerprint density at radius 3 is 1.31 bits per heavy atom. The molecule has 6 aromatic heterocycles. The number of pyridine rings is 6. The highest BCUT2D eigenvalue weighted by molar-refractivity contribution is 6.34. The lowest BCUT2D eigenvalue weighted by molar-refractivity contribution is -0.126. The molecular weight excluding hydrogens is 1170 g/mol. The number of hydrogen-bond acceptors (Lipinski definition) is 13. The van der Waals surface area contributed by atoms with E-state index < -0.39 is 34.4 Å². The second-order valence-corrected chi connectivity index (χ2v) is 25.0. The van der Waals surface area contributed by atoms with Gasteiger partial charge in [0, 0.05) is 86.7 Å². The summed E-state index contributed by atoms with van der Waals surface area (Å²) < 4.78 is 38.6. The van der Waals surface area contributed by atoms with E-state index in [-0.39, 0.29) is 84.6 Å². The van der Waals surface area contributed by atoms with Crippen molar-refractivity contribution < 1.29 is 23.1 Å². The van der Waals surface area contributed by atoms with E-state index in [1.807, 2.05) is 98.1 Å². The highest BCUT2D eigenvalue weighted by Gasteiger charge is 2.34. The molecule has 0 aliphatic carbocycles. The Morgan fingerprint density at radius 2 is 0.978 bits per heavy atom. The van der Waals surface area contributed by atoms with Crippen LogP contribution in [0.25, 0.3) is 56.0 Å². The Kier molecular flexibility index (Phi) is 19.1. The summed E-state index contributed by atoms with van der Waals surface area (Å²) in [7, 11) is 0. The molecule has 8 heterocycles. The largest absolute Gasteiger partial charge is 0.444 e. The molecule has 0 saturated carbocycles. The Balaban J connectivity index is 0.000000212. The fourth-order valence-electron chi connectivity index (χ4n) is 11.4.